The van der Waals surface area contributed by atoms with E-state index in [-0.39, 0.29) is 12.8 Å². The first-order valence-electron chi connectivity index (χ1n) is 12.8. The molecule has 40 heavy (non-hydrogen) atoms. The first kappa shape index (κ1) is 27.3. The van der Waals surface area contributed by atoms with Crippen LogP contribution in [0.15, 0.2) is 0 Å². The summed E-state index contributed by atoms with van der Waals surface area (Å²) in [5.41, 5.74) is -3.08. The van der Waals surface area contributed by atoms with Crippen LogP contribution >= 0.6 is 0 Å². The second-order valence-electron chi connectivity index (χ2n) is 11.2. The summed E-state index contributed by atoms with van der Waals surface area (Å²) in [5, 5.41) is 14.5. The number of amides is 6. The Morgan fingerprint density at radius 3 is 2.08 bits per heavy atom. The number of aliphatic hydroxyl groups excluding tert-OH is 1. The van der Waals surface area contributed by atoms with Gasteiger partial charge in [-0.15, -0.1) is 0 Å². The zero-order valence-corrected chi connectivity index (χ0v) is 22.5. The third kappa shape index (κ3) is 3.56. The quantitative estimate of drug-likeness (QED) is 0.242. The Morgan fingerprint density at radius 1 is 1.00 bits per heavy atom. The second-order valence-corrected chi connectivity index (χ2v) is 12.5. The van der Waals surface area contributed by atoms with E-state index in [9.17, 15) is 37.5 Å². The van der Waals surface area contributed by atoms with Crippen molar-refractivity contribution in [1.82, 2.24) is 25.2 Å². The van der Waals surface area contributed by atoms with Crippen LogP contribution in [0.25, 0.3) is 0 Å². The monoisotopic (exact) mass is 587 g/mol. The average molecular weight is 588 g/mol. The molecule has 6 amide bonds. The van der Waals surface area contributed by atoms with Crippen molar-refractivity contribution in [3.8, 4) is 0 Å². The third-order valence-electron chi connectivity index (χ3n) is 9.23. The summed E-state index contributed by atoms with van der Waals surface area (Å²) in [6, 6.07) is -4.95. The van der Waals surface area contributed by atoms with Crippen LogP contribution in [-0.2, 0) is 43.1 Å². The van der Waals surface area contributed by atoms with E-state index in [1.54, 1.807) is 0 Å². The molecule has 1 aliphatic carbocycles. The summed E-state index contributed by atoms with van der Waals surface area (Å²) in [6.07, 6.45) is -5.79. The van der Waals surface area contributed by atoms with Gasteiger partial charge in [0.1, 0.15) is 24.7 Å². The van der Waals surface area contributed by atoms with Gasteiger partial charge in [0.25, 0.3) is 0 Å². The second kappa shape index (κ2) is 8.80. The summed E-state index contributed by atoms with van der Waals surface area (Å²) < 4.78 is 50.3. The van der Waals surface area contributed by atoms with Crippen LogP contribution in [-0.4, -0.2) is 115 Å². The highest BCUT2D eigenvalue weighted by Gasteiger charge is 2.82. The van der Waals surface area contributed by atoms with Gasteiger partial charge in [-0.1, -0.05) is 0 Å². The van der Waals surface area contributed by atoms with Crippen LogP contribution in [0.1, 0.15) is 33.6 Å². The standard InChI is InChI=1S/C22H29N5O12S/c1-8(29)37-10-5-14-27-16-15-21(2,22(16,3)18(31)24-20(27)33)17(30)23-19(32)26(15)13-4-9(11(6-28)38-13)25-40(34,35)36-7-12(10)39-14/h9-16,25,28H,4-7H2,1-3H3,(H,23,30,32)(H,24,31,33)/t9-,10-,11+,12+,13+,14+,15-,16+,21+,22-/m0/s1. The van der Waals surface area contributed by atoms with Gasteiger partial charge < -0.3 is 19.3 Å². The van der Waals surface area contributed by atoms with Crippen LogP contribution in [0.5, 0.6) is 0 Å². The number of hydrogen-bond acceptors (Lipinski definition) is 12. The van der Waals surface area contributed by atoms with Crippen molar-refractivity contribution < 1.29 is 55.9 Å². The Morgan fingerprint density at radius 2 is 1.55 bits per heavy atom. The van der Waals surface area contributed by atoms with Gasteiger partial charge in [-0.05, 0) is 13.8 Å². The van der Waals surface area contributed by atoms with Crippen LogP contribution < -0.4 is 15.4 Å². The van der Waals surface area contributed by atoms with Crippen molar-refractivity contribution >= 4 is 40.2 Å². The lowest BCUT2D eigenvalue weighted by atomic mass is 9.42. The van der Waals surface area contributed by atoms with Crippen LogP contribution in [0.4, 0.5) is 9.59 Å². The van der Waals surface area contributed by atoms with Gasteiger partial charge in [0.15, 0.2) is 0 Å². The largest absolute Gasteiger partial charge is 0.460 e. The number of nitrogens with zero attached hydrogens (tertiary/aromatic N) is 2. The van der Waals surface area contributed by atoms with E-state index in [1.807, 2.05) is 0 Å². The molecular weight excluding hydrogens is 558 g/mol. The number of nitrogens with one attached hydrogen (secondary N) is 3. The van der Waals surface area contributed by atoms with E-state index in [1.165, 1.54) is 23.6 Å². The van der Waals surface area contributed by atoms with E-state index in [0.717, 1.165) is 6.92 Å². The maximum absolute atomic E-state index is 13.4. The molecule has 0 aromatic rings. The molecule has 5 heterocycles. The molecule has 4 N–H and O–H groups in total. The van der Waals surface area contributed by atoms with Gasteiger partial charge in [0.05, 0.1) is 48.3 Å². The molecule has 220 valence electrons. The van der Waals surface area contributed by atoms with Gasteiger partial charge >= 0.3 is 28.3 Å². The Hall–Kier alpha value is -2.90. The Kier molecular flexibility index (Phi) is 6.00. The number of hydrogen-bond donors (Lipinski definition) is 4. The fourth-order valence-corrected chi connectivity index (χ4v) is 8.14. The normalized spacial score (nSPS) is 45.6. The number of carbonyl (C=O) groups is 5. The molecule has 5 saturated heterocycles. The zero-order valence-electron chi connectivity index (χ0n) is 21.7. The molecule has 6 fully saturated rings. The van der Waals surface area contributed by atoms with Crippen molar-refractivity contribution in [1.29, 1.82) is 0 Å². The molecule has 4 bridgehead atoms. The van der Waals surface area contributed by atoms with Crippen molar-refractivity contribution in [2.75, 3.05) is 13.2 Å². The SMILES string of the molecule is CC(=O)O[C@H]1C[C@H]2O[C@@H]1COS(=O)(=O)N[C@H]1C[C@@H](O[C@@H]1CO)N1C(=O)NC(=O)[C@@]3(C)[C@@H]1[C@H]1N2C(=O)NC(=O)[C@]13C. The highest BCUT2D eigenvalue weighted by Crippen LogP contribution is 2.64. The van der Waals surface area contributed by atoms with Crippen molar-refractivity contribution in [2.24, 2.45) is 10.8 Å². The van der Waals surface area contributed by atoms with Gasteiger partial charge in [-0.2, -0.15) is 13.1 Å². The summed E-state index contributed by atoms with van der Waals surface area (Å²) in [4.78, 5) is 67.6. The Labute approximate surface area is 228 Å². The predicted molar refractivity (Wildman–Crippen MR) is 126 cm³/mol. The molecule has 1 saturated carbocycles. The van der Waals surface area contributed by atoms with Crippen LogP contribution in [0.2, 0.25) is 0 Å². The Bertz CT molecular complexity index is 1310. The fourth-order valence-electron chi connectivity index (χ4n) is 7.14. The molecule has 5 aliphatic heterocycles. The number of aliphatic hydroxyl groups is 1. The van der Waals surface area contributed by atoms with E-state index in [0.29, 0.717) is 0 Å². The molecule has 17 nitrogen and oxygen atoms in total. The van der Waals surface area contributed by atoms with Crippen LogP contribution in [0.3, 0.4) is 0 Å². The van der Waals surface area contributed by atoms with Crippen molar-refractivity contribution in [2.45, 2.75) is 82.5 Å². The van der Waals surface area contributed by atoms with E-state index in [2.05, 4.69) is 15.4 Å². The lowest BCUT2D eigenvalue weighted by molar-refractivity contribution is -0.242. The number of carbonyl (C=O) groups excluding carboxylic acids is 5. The molecule has 0 aromatic carbocycles. The predicted octanol–water partition coefficient (Wildman–Crippen LogP) is -2.76. The first-order valence-corrected chi connectivity index (χ1v) is 14.2. The minimum atomic E-state index is -4.47. The molecule has 0 radical (unpaired) electrons. The Balaban J connectivity index is 1.49. The zero-order chi connectivity index (χ0) is 28.9. The number of urea groups is 2. The lowest BCUT2D eigenvalue weighted by Crippen LogP contribution is -2.92. The minimum absolute atomic E-state index is 0.103. The summed E-state index contributed by atoms with van der Waals surface area (Å²) in [5.74, 6) is -2.13. The molecule has 10 atom stereocenters. The maximum atomic E-state index is 13.4. The van der Waals surface area contributed by atoms with Gasteiger partial charge in [0, 0.05) is 19.8 Å². The van der Waals surface area contributed by atoms with Crippen LogP contribution in [0, 0.1) is 10.8 Å². The number of ether oxygens (including phenoxy) is 3. The molecule has 0 spiro atoms. The van der Waals surface area contributed by atoms with Gasteiger partial charge in [-0.3, -0.25) is 39.0 Å². The molecule has 0 aromatic heterocycles. The van der Waals surface area contributed by atoms with E-state index >= 15 is 0 Å². The summed E-state index contributed by atoms with van der Waals surface area (Å²) in [7, 11) is -4.47. The maximum Gasteiger partial charge on any atom is 0.336 e. The highest BCUT2D eigenvalue weighted by molar-refractivity contribution is 7.84. The smallest absolute Gasteiger partial charge is 0.336 e. The van der Waals surface area contributed by atoms with E-state index < -0.39 is 113 Å². The van der Waals surface area contributed by atoms with Gasteiger partial charge in [-0.25, -0.2) is 9.59 Å². The number of rotatable bonds is 2. The average Bonchev–Trinajstić information content (AvgIpc) is 3.44. The first-order chi connectivity index (χ1) is 18.7. The van der Waals surface area contributed by atoms with Gasteiger partial charge in [0.2, 0.25) is 11.8 Å². The molecule has 6 rings (SSSR count). The molecule has 18 heteroatoms. The topological polar surface area (TPSA) is 219 Å². The summed E-state index contributed by atoms with van der Waals surface area (Å²) in [6.45, 7) is 2.97. The molecular formula is C22H29N5O12S. The minimum Gasteiger partial charge on any atom is -0.460 e. The van der Waals surface area contributed by atoms with E-state index in [4.69, 9.17) is 18.4 Å². The van der Waals surface area contributed by atoms with Crippen molar-refractivity contribution in [3.63, 3.8) is 0 Å². The molecule has 0 unspecified atom stereocenters. The van der Waals surface area contributed by atoms with Crippen molar-refractivity contribution in [3.05, 3.63) is 0 Å². The summed E-state index contributed by atoms with van der Waals surface area (Å²) >= 11 is 0. The lowest BCUT2D eigenvalue weighted by Gasteiger charge is -2.72. The fraction of sp³-hybridized carbons (Fsp3) is 0.773. The number of fused-ring (bicyclic) bond motifs is 7. The third-order valence-corrected chi connectivity index (χ3v) is 10.3. The number of imide groups is 2. The highest BCUT2D eigenvalue weighted by atomic mass is 32.2. The molecule has 6 aliphatic rings. The number of esters is 1.